The van der Waals surface area contributed by atoms with Gasteiger partial charge in [0.1, 0.15) is 0 Å². The lowest BCUT2D eigenvalue weighted by atomic mass is 10.3. The predicted molar refractivity (Wildman–Crippen MR) is 50.9 cm³/mol. The molecular formula is C9H13N3O. The second-order valence-electron chi connectivity index (χ2n) is 2.69. The Bertz CT molecular complexity index is 277. The summed E-state index contributed by atoms with van der Waals surface area (Å²) in [5.74, 6) is 0.00920. The van der Waals surface area contributed by atoms with Gasteiger partial charge >= 0.3 is 0 Å². The second kappa shape index (κ2) is 5.13. The molecule has 0 aromatic carbocycles. The number of amides is 1. The number of nitrogens with zero attached hydrogens (tertiary/aromatic N) is 1. The van der Waals surface area contributed by atoms with Crippen molar-refractivity contribution in [1.82, 2.24) is 15.5 Å². The molecule has 0 atom stereocenters. The maximum atomic E-state index is 10.5. The summed E-state index contributed by atoms with van der Waals surface area (Å²) in [6.45, 7) is 2.19. The Morgan fingerprint density at radius 3 is 3.23 bits per heavy atom. The van der Waals surface area contributed by atoms with Crippen molar-refractivity contribution in [2.45, 2.75) is 13.3 Å². The summed E-state index contributed by atoms with van der Waals surface area (Å²) in [6, 6.07) is 1.88. The van der Waals surface area contributed by atoms with Crippen molar-refractivity contribution in [2.24, 2.45) is 0 Å². The zero-order chi connectivity index (χ0) is 9.52. The number of hydrogen-bond donors (Lipinski definition) is 2. The first-order chi connectivity index (χ1) is 6.29. The van der Waals surface area contributed by atoms with Gasteiger partial charge in [-0.15, -0.1) is 0 Å². The number of hydrogen-bond acceptors (Lipinski definition) is 2. The van der Waals surface area contributed by atoms with Crippen LogP contribution in [0.2, 0.25) is 0 Å². The van der Waals surface area contributed by atoms with Crippen LogP contribution in [-0.4, -0.2) is 22.6 Å². The molecule has 2 N–H and O–H groups in total. The zero-order valence-electron chi connectivity index (χ0n) is 7.58. The van der Waals surface area contributed by atoms with Crippen LogP contribution < -0.4 is 5.32 Å². The molecule has 0 unspecified atom stereocenters. The summed E-state index contributed by atoms with van der Waals surface area (Å²) in [6.07, 6.45) is 6.46. The number of H-pyrrole nitrogens is 1. The lowest BCUT2D eigenvalue weighted by Gasteiger charge is -1.95. The lowest BCUT2D eigenvalue weighted by molar-refractivity contribution is -0.118. The average Bonchev–Trinajstić information content (AvgIpc) is 2.55. The molecule has 1 heterocycles. The third kappa shape index (κ3) is 4.10. The van der Waals surface area contributed by atoms with E-state index < -0.39 is 0 Å². The summed E-state index contributed by atoms with van der Waals surface area (Å²) in [7, 11) is 0. The molecule has 0 aliphatic rings. The number of carbonyl (C=O) groups is 1. The molecule has 4 heteroatoms. The first-order valence-corrected chi connectivity index (χ1v) is 4.19. The Morgan fingerprint density at radius 2 is 2.62 bits per heavy atom. The van der Waals surface area contributed by atoms with Gasteiger partial charge in [0.2, 0.25) is 5.91 Å². The first-order valence-electron chi connectivity index (χ1n) is 4.19. The predicted octanol–water partition coefficient (Wildman–Crippen LogP) is 0.949. The van der Waals surface area contributed by atoms with Crippen molar-refractivity contribution < 1.29 is 4.79 Å². The molecule has 1 aromatic rings. The van der Waals surface area contributed by atoms with E-state index in [1.807, 2.05) is 18.2 Å². The summed E-state index contributed by atoms with van der Waals surface area (Å²) >= 11 is 0. The maximum absolute atomic E-state index is 10.5. The Balaban J connectivity index is 2.16. The number of carbonyl (C=O) groups excluding carboxylic acids is 1. The number of aromatic amines is 1. The van der Waals surface area contributed by atoms with E-state index in [0.29, 0.717) is 6.54 Å². The standard InChI is InChI=1S/C9H13N3O/c1-8(13)10-6-3-2-4-9-5-7-11-12-9/h2,4-5,7H,3,6H2,1H3,(H,10,13)(H,11,12). The smallest absolute Gasteiger partial charge is 0.216 e. The van der Waals surface area contributed by atoms with Gasteiger partial charge in [0.05, 0.1) is 5.69 Å². The molecule has 0 spiro atoms. The normalized spacial score (nSPS) is 10.5. The van der Waals surface area contributed by atoms with Gasteiger partial charge in [-0.25, -0.2) is 0 Å². The van der Waals surface area contributed by atoms with Crippen LogP contribution in [0.1, 0.15) is 19.0 Å². The van der Waals surface area contributed by atoms with Gasteiger partial charge < -0.3 is 5.32 Å². The monoisotopic (exact) mass is 179 g/mol. The maximum Gasteiger partial charge on any atom is 0.216 e. The minimum Gasteiger partial charge on any atom is -0.356 e. The van der Waals surface area contributed by atoms with Crippen molar-refractivity contribution in [1.29, 1.82) is 0 Å². The van der Waals surface area contributed by atoms with Crippen LogP contribution in [0.15, 0.2) is 18.3 Å². The minimum atomic E-state index is 0.00920. The Labute approximate surface area is 77.0 Å². The molecule has 0 aliphatic carbocycles. The SMILES string of the molecule is CC(=O)NCCC=Cc1ccn[nH]1. The molecule has 0 saturated heterocycles. The quantitative estimate of drug-likeness (QED) is 0.676. The summed E-state index contributed by atoms with van der Waals surface area (Å²) in [4.78, 5) is 10.5. The topological polar surface area (TPSA) is 57.8 Å². The third-order valence-electron chi connectivity index (χ3n) is 1.50. The zero-order valence-corrected chi connectivity index (χ0v) is 7.58. The lowest BCUT2D eigenvalue weighted by Crippen LogP contribution is -2.20. The van der Waals surface area contributed by atoms with E-state index in [4.69, 9.17) is 0 Å². The van der Waals surface area contributed by atoms with Gasteiger partial charge in [-0.1, -0.05) is 6.08 Å². The van der Waals surface area contributed by atoms with E-state index in [1.54, 1.807) is 6.20 Å². The van der Waals surface area contributed by atoms with Crippen LogP contribution in [0, 0.1) is 0 Å². The van der Waals surface area contributed by atoms with Crippen LogP contribution in [0.4, 0.5) is 0 Å². The fraction of sp³-hybridized carbons (Fsp3) is 0.333. The first kappa shape index (κ1) is 9.51. The van der Waals surface area contributed by atoms with E-state index >= 15 is 0 Å². The highest BCUT2D eigenvalue weighted by atomic mass is 16.1. The van der Waals surface area contributed by atoms with Gasteiger partial charge in [-0.05, 0) is 18.6 Å². The highest BCUT2D eigenvalue weighted by molar-refractivity contribution is 5.72. The highest BCUT2D eigenvalue weighted by Gasteiger charge is 1.87. The van der Waals surface area contributed by atoms with Crippen molar-refractivity contribution >= 4 is 12.0 Å². The summed E-state index contributed by atoms with van der Waals surface area (Å²) in [5.41, 5.74) is 0.975. The van der Waals surface area contributed by atoms with Gasteiger partial charge in [0.15, 0.2) is 0 Å². The Kier molecular flexibility index (Phi) is 3.75. The van der Waals surface area contributed by atoms with Crippen LogP contribution >= 0.6 is 0 Å². The Morgan fingerprint density at radius 1 is 1.77 bits per heavy atom. The van der Waals surface area contributed by atoms with Crippen LogP contribution in [0.25, 0.3) is 6.08 Å². The Hall–Kier alpha value is -1.58. The third-order valence-corrected chi connectivity index (χ3v) is 1.50. The van der Waals surface area contributed by atoms with Crippen molar-refractivity contribution in [3.63, 3.8) is 0 Å². The van der Waals surface area contributed by atoms with Crippen LogP contribution in [-0.2, 0) is 4.79 Å². The molecule has 70 valence electrons. The van der Waals surface area contributed by atoms with Crippen molar-refractivity contribution in [2.75, 3.05) is 6.54 Å². The molecule has 1 rings (SSSR count). The molecule has 1 amide bonds. The van der Waals surface area contributed by atoms with Gasteiger partial charge in [-0.3, -0.25) is 9.89 Å². The second-order valence-corrected chi connectivity index (χ2v) is 2.69. The molecule has 4 nitrogen and oxygen atoms in total. The average molecular weight is 179 g/mol. The molecule has 0 bridgehead atoms. The van der Waals surface area contributed by atoms with E-state index in [9.17, 15) is 4.79 Å². The van der Waals surface area contributed by atoms with E-state index in [2.05, 4.69) is 15.5 Å². The van der Waals surface area contributed by atoms with E-state index in [-0.39, 0.29) is 5.91 Å². The molecule has 0 saturated carbocycles. The highest BCUT2D eigenvalue weighted by Crippen LogP contribution is 1.95. The van der Waals surface area contributed by atoms with E-state index in [0.717, 1.165) is 12.1 Å². The van der Waals surface area contributed by atoms with Crippen LogP contribution in [0.5, 0.6) is 0 Å². The molecule has 0 radical (unpaired) electrons. The van der Waals surface area contributed by atoms with Crippen molar-refractivity contribution in [3.05, 3.63) is 24.0 Å². The van der Waals surface area contributed by atoms with Crippen molar-refractivity contribution in [3.8, 4) is 0 Å². The molecule has 13 heavy (non-hydrogen) atoms. The largest absolute Gasteiger partial charge is 0.356 e. The molecule has 1 aromatic heterocycles. The fourth-order valence-corrected chi connectivity index (χ4v) is 0.901. The van der Waals surface area contributed by atoms with Gasteiger partial charge in [0, 0.05) is 19.7 Å². The number of rotatable bonds is 4. The minimum absolute atomic E-state index is 0.00920. The van der Waals surface area contributed by atoms with Crippen LogP contribution in [0.3, 0.4) is 0 Å². The molecular weight excluding hydrogens is 166 g/mol. The van der Waals surface area contributed by atoms with Gasteiger partial charge in [-0.2, -0.15) is 5.10 Å². The van der Waals surface area contributed by atoms with E-state index in [1.165, 1.54) is 6.92 Å². The summed E-state index contributed by atoms with van der Waals surface area (Å²) < 4.78 is 0. The fourth-order valence-electron chi connectivity index (χ4n) is 0.901. The summed E-state index contributed by atoms with van der Waals surface area (Å²) in [5, 5.41) is 9.33. The molecule has 0 fully saturated rings. The number of nitrogens with one attached hydrogen (secondary N) is 2. The van der Waals surface area contributed by atoms with Gasteiger partial charge in [0.25, 0.3) is 0 Å². The molecule has 0 aliphatic heterocycles. The number of aromatic nitrogens is 2.